The maximum Gasteiger partial charge on any atom is 0.229 e. The number of piperazine rings is 1. The number of benzene rings is 1. The lowest BCUT2D eigenvalue weighted by Crippen LogP contribution is -2.56. The molecule has 176 valence electrons. The summed E-state index contributed by atoms with van der Waals surface area (Å²) in [6.07, 6.45) is 4.00. The summed E-state index contributed by atoms with van der Waals surface area (Å²) in [6.45, 7) is 11.9. The smallest absolute Gasteiger partial charge is 0.229 e. The largest absolute Gasteiger partial charge is 0.381 e. The molecule has 7 heteroatoms. The number of fused-ring (bicyclic) bond motifs is 2. The van der Waals surface area contributed by atoms with Crippen molar-refractivity contribution in [3.63, 3.8) is 0 Å². The van der Waals surface area contributed by atoms with E-state index in [1.165, 1.54) is 11.3 Å². The highest BCUT2D eigenvalue weighted by molar-refractivity contribution is 5.96. The van der Waals surface area contributed by atoms with Gasteiger partial charge in [-0.1, -0.05) is 0 Å². The number of pyridine rings is 1. The number of ether oxygens (including phenoxy) is 2. The number of aromatic nitrogens is 1. The maximum atomic E-state index is 12.8. The van der Waals surface area contributed by atoms with E-state index in [2.05, 4.69) is 46.1 Å². The van der Waals surface area contributed by atoms with E-state index >= 15 is 0 Å². The Hall–Kier alpha value is -2.22. The Morgan fingerprint density at radius 2 is 1.94 bits per heavy atom. The normalized spacial score (nSPS) is 32.1. The van der Waals surface area contributed by atoms with Crippen LogP contribution in [0.4, 0.5) is 11.5 Å². The molecule has 33 heavy (non-hydrogen) atoms. The van der Waals surface area contributed by atoms with Crippen molar-refractivity contribution in [1.82, 2.24) is 9.88 Å². The lowest BCUT2D eigenvalue weighted by Gasteiger charge is -2.44. The molecule has 1 N–H and O–H groups in total. The van der Waals surface area contributed by atoms with Crippen molar-refractivity contribution < 1.29 is 14.3 Å². The molecule has 0 radical (unpaired) electrons. The van der Waals surface area contributed by atoms with E-state index in [9.17, 15) is 4.79 Å². The number of aryl methyl sites for hydroxylation is 1. The highest BCUT2D eigenvalue weighted by atomic mass is 16.5. The lowest BCUT2D eigenvalue weighted by molar-refractivity contribution is -0.117. The van der Waals surface area contributed by atoms with Gasteiger partial charge in [0.1, 0.15) is 5.82 Å². The van der Waals surface area contributed by atoms with Gasteiger partial charge in [-0.25, -0.2) is 4.98 Å². The van der Waals surface area contributed by atoms with E-state index < -0.39 is 0 Å². The van der Waals surface area contributed by atoms with Crippen molar-refractivity contribution in [2.45, 2.75) is 32.2 Å². The van der Waals surface area contributed by atoms with Crippen LogP contribution in [0.15, 0.2) is 24.4 Å². The average molecular weight is 451 g/mol. The van der Waals surface area contributed by atoms with Crippen LogP contribution < -0.4 is 10.2 Å². The first kappa shape index (κ1) is 21.3. The Morgan fingerprint density at radius 1 is 1.09 bits per heavy atom. The van der Waals surface area contributed by atoms with Crippen LogP contribution in [0.1, 0.15) is 25.3 Å². The molecule has 3 aliphatic heterocycles. The van der Waals surface area contributed by atoms with Gasteiger partial charge in [0.2, 0.25) is 5.91 Å². The zero-order valence-electron chi connectivity index (χ0n) is 19.7. The molecule has 4 atom stereocenters. The van der Waals surface area contributed by atoms with E-state index in [4.69, 9.17) is 9.47 Å². The van der Waals surface area contributed by atoms with Crippen molar-refractivity contribution >= 4 is 28.2 Å². The number of hydrogen-bond donors (Lipinski definition) is 1. The molecule has 7 nitrogen and oxygen atoms in total. The van der Waals surface area contributed by atoms with Gasteiger partial charge in [-0.2, -0.15) is 0 Å². The molecule has 1 aromatic carbocycles. The fourth-order valence-corrected chi connectivity index (χ4v) is 6.20. The second-order valence-electron chi connectivity index (χ2n) is 10.5. The summed E-state index contributed by atoms with van der Waals surface area (Å²) in [6, 6.07) is 6.50. The van der Waals surface area contributed by atoms with Crippen molar-refractivity contribution in [3.05, 3.63) is 30.0 Å². The molecule has 4 heterocycles. The molecule has 4 unspecified atom stereocenters. The third kappa shape index (κ3) is 3.90. The summed E-state index contributed by atoms with van der Waals surface area (Å²) in [5.74, 6) is 1.71. The van der Waals surface area contributed by atoms with Gasteiger partial charge in [0.15, 0.2) is 0 Å². The van der Waals surface area contributed by atoms with Gasteiger partial charge in [0, 0.05) is 68.1 Å². The van der Waals surface area contributed by atoms with Crippen molar-refractivity contribution in [3.8, 4) is 0 Å². The molecule has 6 rings (SSSR count). The van der Waals surface area contributed by atoms with Crippen LogP contribution in [0.5, 0.6) is 0 Å². The molecule has 1 aliphatic carbocycles. The monoisotopic (exact) mass is 450 g/mol. The fraction of sp³-hybridized carbons (Fsp3) is 0.615. The van der Waals surface area contributed by atoms with Crippen molar-refractivity contribution in [1.29, 1.82) is 0 Å². The molecule has 3 saturated heterocycles. The molecule has 1 aromatic heterocycles. The van der Waals surface area contributed by atoms with Gasteiger partial charge in [0.25, 0.3) is 0 Å². The second kappa shape index (κ2) is 8.22. The maximum absolute atomic E-state index is 12.8. The molecule has 0 bridgehead atoms. The minimum Gasteiger partial charge on any atom is -0.381 e. The SMILES string of the molecule is Cc1cc2cnc(NC(=O)C3C4CCOCC43)cc2cc1N1CCN(C2(C)CCOC2)CC1. The first-order valence-electron chi connectivity index (χ1n) is 12.4. The molecule has 4 fully saturated rings. The van der Waals surface area contributed by atoms with Crippen LogP contribution in [-0.4, -0.2) is 73.9 Å². The van der Waals surface area contributed by atoms with E-state index in [1.54, 1.807) is 0 Å². The van der Waals surface area contributed by atoms with Gasteiger partial charge in [0.05, 0.1) is 13.2 Å². The number of amides is 1. The zero-order chi connectivity index (χ0) is 22.6. The minimum atomic E-state index is 0.0852. The van der Waals surface area contributed by atoms with Crippen LogP contribution in [0.3, 0.4) is 0 Å². The fourth-order valence-electron chi connectivity index (χ4n) is 6.20. The summed E-state index contributed by atoms with van der Waals surface area (Å²) in [5, 5.41) is 5.30. The topological polar surface area (TPSA) is 66.9 Å². The van der Waals surface area contributed by atoms with E-state index in [1.807, 2.05) is 12.3 Å². The summed E-state index contributed by atoms with van der Waals surface area (Å²) >= 11 is 0. The summed E-state index contributed by atoms with van der Waals surface area (Å²) in [4.78, 5) is 22.4. The van der Waals surface area contributed by atoms with Gasteiger partial charge in [-0.3, -0.25) is 9.69 Å². The number of carbonyl (C=O) groups excluding carboxylic acids is 1. The summed E-state index contributed by atoms with van der Waals surface area (Å²) < 4.78 is 11.2. The number of nitrogens with one attached hydrogen (secondary N) is 1. The number of hydrogen-bond acceptors (Lipinski definition) is 6. The molecule has 1 amide bonds. The number of anilines is 2. The Morgan fingerprint density at radius 3 is 2.67 bits per heavy atom. The van der Waals surface area contributed by atoms with Gasteiger partial charge in [-0.15, -0.1) is 0 Å². The minimum absolute atomic E-state index is 0.0852. The third-order valence-corrected chi connectivity index (χ3v) is 8.41. The van der Waals surface area contributed by atoms with Gasteiger partial charge >= 0.3 is 0 Å². The van der Waals surface area contributed by atoms with Crippen LogP contribution in [0.2, 0.25) is 0 Å². The standard InChI is InChI=1S/C26H34N4O3/c1-17-11-19-14-27-23(28-25(31)24-20-3-9-32-15-21(20)24)13-18(19)12-22(17)29-5-7-30(8-6-29)26(2)4-10-33-16-26/h11-14,20-21,24H,3-10,15-16H2,1-2H3,(H,27,28,31). The number of rotatable bonds is 4. The van der Waals surface area contributed by atoms with E-state index in [-0.39, 0.29) is 17.4 Å². The quantitative estimate of drug-likeness (QED) is 0.772. The highest BCUT2D eigenvalue weighted by Gasteiger charge is 2.55. The molecule has 0 spiro atoms. The Balaban J connectivity index is 1.17. The first-order chi connectivity index (χ1) is 16.0. The van der Waals surface area contributed by atoms with Crippen molar-refractivity contribution in [2.24, 2.45) is 17.8 Å². The Labute approximate surface area is 195 Å². The van der Waals surface area contributed by atoms with E-state index in [0.717, 1.165) is 76.2 Å². The van der Waals surface area contributed by atoms with Gasteiger partial charge < -0.3 is 19.7 Å². The molecule has 4 aliphatic rings. The van der Waals surface area contributed by atoms with E-state index in [0.29, 0.717) is 17.7 Å². The van der Waals surface area contributed by atoms with Crippen LogP contribution in [0.25, 0.3) is 10.8 Å². The van der Waals surface area contributed by atoms with Crippen LogP contribution in [-0.2, 0) is 14.3 Å². The van der Waals surface area contributed by atoms with Crippen LogP contribution in [0, 0.1) is 24.7 Å². The second-order valence-corrected chi connectivity index (χ2v) is 10.5. The first-order valence-corrected chi connectivity index (χ1v) is 12.4. The Kier molecular flexibility index (Phi) is 5.31. The highest BCUT2D eigenvalue weighted by Crippen LogP contribution is 2.51. The zero-order valence-corrected chi connectivity index (χ0v) is 19.7. The summed E-state index contributed by atoms with van der Waals surface area (Å²) in [5.41, 5.74) is 2.74. The predicted octanol–water partition coefficient (Wildman–Crippen LogP) is 3.07. The third-order valence-electron chi connectivity index (χ3n) is 8.41. The summed E-state index contributed by atoms with van der Waals surface area (Å²) in [7, 11) is 0. The van der Waals surface area contributed by atoms with Crippen LogP contribution >= 0.6 is 0 Å². The average Bonchev–Trinajstić information content (AvgIpc) is 3.40. The molecular formula is C26H34N4O3. The van der Waals surface area contributed by atoms with Crippen molar-refractivity contribution in [2.75, 3.05) is 62.8 Å². The number of carbonyl (C=O) groups is 1. The predicted molar refractivity (Wildman–Crippen MR) is 129 cm³/mol. The Bertz CT molecular complexity index is 1050. The lowest BCUT2D eigenvalue weighted by atomic mass is 9.97. The van der Waals surface area contributed by atoms with Gasteiger partial charge in [-0.05, 0) is 67.7 Å². The number of nitrogens with zero attached hydrogens (tertiary/aromatic N) is 3. The molecular weight excluding hydrogens is 416 g/mol. The molecule has 2 aromatic rings. The molecule has 1 saturated carbocycles.